The minimum atomic E-state index is -0.245. The van der Waals surface area contributed by atoms with E-state index < -0.39 is 0 Å². The minimum absolute atomic E-state index is 0.245. The van der Waals surface area contributed by atoms with Crippen molar-refractivity contribution in [3.63, 3.8) is 0 Å². The van der Waals surface area contributed by atoms with Gasteiger partial charge >= 0.3 is 0 Å². The Morgan fingerprint density at radius 2 is 2.15 bits per heavy atom. The highest BCUT2D eigenvalue weighted by Crippen LogP contribution is 2.26. The van der Waals surface area contributed by atoms with Crippen LogP contribution in [-0.2, 0) is 5.75 Å². The van der Waals surface area contributed by atoms with Crippen LogP contribution in [-0.4, -0.2) is 14.6 Å². The van der Waals surface area contributed by atoms with Crippen LogP contribution in [0.5, 0.6) is 0 Å². The van der Waals surface area contributed by atoms with E-state index >= 15 is 0 Å². The van der Waals surface area contributed by atoms with Gasteiger partial charge in [-0.2, -0.15) is 4.52 Å². The molecule has 3 aromatic rings. The molecule has 1 aromatic carbocycles. The van der Waals surface area contributed by atoms with Gasteiger partial charge in [-0.3, -0.25) is 4.79 Å². The van der Waals surface area contributed by atoms with Gasteiger partial charge in [0.1, 0.15) is 5.69 Å². The summed E-state index contributed by atoms with van der Waals surface area (Å²) < 4.78 is 2.09. The summed E-state index contributed by atoms with van der Waals surface area (Å²) in [6.45, 7) is 0. The molecule has 0 atom stereocenters. The molecule has 4 nitrogen and oxygen atoms in total. The zero-order chi connectivity index (χ0) is 13.9. The van der Waals surface area contributed by atoms with Crippen LogP contribution >= 0.6 is 23.1 Å². The molecule has 0 radical (unpaired) electrons. The van der Waals surface area contributed by atoms with Crippen molar-refractivity contribution in [3.05, 3.63) is 58.0 Å². The minimum Gasteiger partial charge on any atom is -0.267 e. The van der Waals surface area contributed by atoms with Crippen LogP contribution < -0.4 is 5.56 Å². The molecule has 0 aliphatic carbocycles. The zero-order valence-electron chi connectivity index (χ0n) is 10.3. The lowest BCUT2D eigenvalue weighted by Crippen LogP contribution is -2.14. The number of hydrogen-bond acceptors (Lipinski definition) is 5. The van der Waals surface area contributed by atoms with Gasteiger partial charge in [-0.05, 0) is 11.5 Å². The van der Waals surface area contributed by atoms with E-state index in [1.165, 1.54) is 27.5 Å². The average molecular weight is 299 g/mol. The highest BCUT2D eigenvalue weighted by atomic mass is 32.2. The van der Waals surface area contributed by atoms with Gasteiger partial charge in [0.05, 0.1) is 0 Å². The topological polar surface area (TPSA) is 47.3 Å². The maximum atomic E-state index is 11.8. The summed E-state index contributed by atoms with van der Waals surface area (Å²) in [6, 6.07) is 11.4. The molecule has 0 N–H and O–H groups in total. The molecule has 0 saturated carbocycles. The Morgan fingerprint density at radius 1 is 1.35 bits per heavy atom. The molecule has 0 fully saturated rings. The monoisotopic (exact) mass is 299 g/mol. The van der Waals surface area contributed by atoms with Gasteiger partial charge in [-0.15, -0.1) is 11.5 Å². The third-order valence-electron chi connectivity index (χ3n) is 2.58. The average Bonchev–Trinajstić information content (AvgIpc) is 2.89. The summed E-state index contributed by atoms with van der Waals surface area (Å²) in [5.41, 5.74) is 1.31. The Hall–Kier alpha value is -2.10. The summed E-state index contributed by atoms with van der Waals surface area (Å²) in [5, 5.41) is 4.26. The van der Waals surface area contributed by atoms with Gasteiger partial charge in [0.2, 0.25) is 4.96 Å². The lowest BCUT2D eigenvalue weighted by Gasteiger charge is -1.96. The smallest absolute Gasteiger partial charge is 0.267 e. The first-order valence-electron chi connectivity index (χ1n) is 5.80. The fourth-order valence-corrected chi connectivity index (χ4v) is 3.54. The predicted octanol–water partition coefficient (Wildman–Crippen LogP) is 2.42. The molecule has 3 rings (SSSR count). The van der Waals surface area contributed by atoms with Gasteiger partial charge in [0, 0.05) is 11.8 Å². The molecule has 0 spiro atoms. The van der Waals surface area contributed by atoms with E-state index in [4.69, 9.17) is 6.42 Å². The van der Waals surface area contributed by atoms with Crippen LogP contribution in [0.25, 0.3) is 4.96 Å². The molecule has 0 saturated heterocycles. The number of terminal acetylenes is 1. The maximum absolute atomic E-state index is 11.8. The van der Waals surface area contributed by atoms with Crippen molar-refractivity contribution in [2.45, 2.75) is 10.1 Å². The van der Waals surface area contributed by atoms with Gasteiger partial charge in [-0.1, -0.05) is 53.4 Å². The van der Waals surface area contributed by atoms with Crippen LogP contribution in [0.4, 0.5) is 0 Å². The molecule has 0 aliphatic rings. The van der Waals surface area contributed by atoms with E-state index in [-0.39, 0.29) is 5.56 Å². The van der Waals surface area contributed by atoms with Crippen molar-refractivity contribution in [3.8, 4) is 12.3 Å². The van der Waals surface area contributed by atoms with Crippen LogP contribution in [0, 0.1) is 12.3 Å². The summed E-state index contributed by atoms with van der Waals surface area (Å²) in [4.78, 5) is 16.5. The number of benzene rings is 1. The molecule has 0 bridgehead atoms. The van der Waals surface area contributed by atoms with Gasteiger partial charge in [0.25, 0.3) is 5.56 Å². The largest absolute Gasteiger partial charge is 0.276 e. The second-order valence-corrected chi connectivity index (χ2v) is 6.14. The molecular formula is C14H9N3OS2. The van der Waals surface area contributed by atoms with Crippen LogP contribution in [0.1, 0.15) is 11.3 Å². The number of hydrogen-bond donors (Lipinski definition) is 0. The first kappa shape index (κ1) is 12.9. The highest BCUT2D eigenvalue weighted by Gasteiger charge is 2.08. The van der Waals surface area contributed by atoms with Crippen molar-refractivity contribution in [1.82, 2.24) is 14.6 Å². The van der Waals surface area contributed by atoms with Crippen LogP contribution in [0.15, 0.2) is 45.5 Å². The number of aromatic nitrogens is 3. The molecule has 98 valence electrons. The molecule has 0 unspecified atom stereocenters. The van der Waals surface area contributed by atoms with E-state index in [1.807, 2.05) is 18.2 Å². The molecule has 20 heavy (non-hydrogen) atoms. The lowest BCUT2D eigenvalue weighted by molar-refractivity contribution is 0.855. The third-order valence-corrected chi connectivity index (χ3v) is 4.69. The van der Waals surface area contributed by atoms with Crippen molar-refractivity contribution >= 4 is 28.1 Å². The first-order valence-corrected chi connectivity index (χ1v) is 7.61. The Balaban J connectivity index is 1.88. The van der Waals surface area contributed by atoms with E-state index in [0.717, 1.165) is 10.1 Å². The molecule has 2 heterocycles. The Morgan fingerprint density at radius 3 is 2.90 bits per heavy atom. The quantitative estimate of drug-likeness (QED) is 0.550. The van der Waals surface area contributed by atoms with E-state index in [9.17, 15) is 4.79 Å². The standard InChI is InChI=1S/C14H9N3OS2/c1-2-11-8-12(18)17-13(15-11)20-14(16-17)19-9-10-6-4-3-5-7-10/h1,3-8H,9H2. The first-order chi connectivity index (χ1) is 9.76. The highest BCUT2D eigenvalue weighted by molar-refractivity contribution is 8.00. The van der Waals surface area contributed by atoms with E-state index in [2.05, 4.69) is 28.1 Å². The predicted molar refractivity (Wildman–Crippen MR) is 81.1 cm³/mol. The van der Waals surface area contributed by atoms with Crippen LogP contribution in [0.3, 0.4) is 0 Å². The van der Waals surface area contributed by atoms with Crippen molar-refractivity contribution in [2.75, 3.05) is 0 Å². The Bertz CT molecular complexity index is 846. The fraction of sp³-hybridized carbons (Fsp3) is 0.0714. The number of nitrogens with zero attached hydrogens (tertiary/aromatic N) is 3. The second kappa shape index (κ2) is 5.49. The van der Waals surface area contributed by atoms with Gasteiger partial charge in [0.15, 0.2) is 4.34 Å². The fourth-order valence-electron chi connectivity index (χ4n) is 1.64. The molecule has 2 aromatic heterocycles. The number of rotatable bonds is 3. The maximum Gasteiger partial charge on any atom is 0.276 e. The van der Waals surface area contributed by atoms with E-state index in [1.54, 1.807) is 11.8 Å². The van der Waals surface area contributed by atoms with Crippen molar-refractivity contribution < 1.29 is 0 Å². The summed E-state index contributed by atoms with van der Waals surface area (Å²) in [6.07, 6.45) is 5.27. The second-order valence-electron chi connectivity index (χ2n) is 3.96. The Labute approximate surface area is 123 Å². The number of thioether (sulfide) groups is 1. The van der Waals surface area contributed by atoms with Gasteiger partial charge in [-0.25, -0.2) is 4.98 Å². The van der Waals surface area contributed by atoms with Crippen molar-refractivity contribution in [2.24, 2.45) is 0 Å². The Kier molecular flexibility index (Phi) is 3.54. The third kappa shape index (κ3) is 2.59. The lowest BCUT2D eigenvalue weighted by atomic mass is 10.2. The molecule has 0 amide bonds. The van der Waals surface area contributed by atoms with Crippen LogP contribution in [0.2, 0.25) is 0 Å². The summed E-state index contributed by atoms with van der Waals surface area (Å²) in [7, 11) is 0. The normalized spacial score (nSPS) is 10.6. The SMILES string of the molecule is C#Cc1cc(=O)n2nc(SCc3ccccc3)sc2n1. The van der Waals surface area contributed by atoms with E-state index in [0.29, 0.717) is 10.7 Å². The molecule has 6 heteroatoms. The summed E-state index contributed by atoms with van der Waals surface area (Å²) in [5.74, 6) is 3.18. The molecular weight excluding hydrogens is 290 g/mol. The van der Waals surface area contributed by atoms with Gasteiger partial charge < -0.3 is 0 Å². The molecule has 0 aliphatic heterocycles. The van der Waals surface area contributed by atoms with Crippen molar-refractivity contribution in [1.29, 1.82) is 0 Å². The summed E-state index contributed by atoms with van der Waals surface area (Å²) >= 11 is 2.95. The zero-order valence-corrected chi connectivity index (χ0v) is 11.9. The number of fused-ring (bicyclic) bond motifs is 1.